The van der Waals surface area contributed by atoms with Gasteiger partial charge in [0.25, 0.3) is 0 Å². The Morgan fingerprint density at radius 1 is 1.05 bits per heavy atom. The maximum atomic E-state index is 10.1. The number of piperidine rings is 1. The van der Waals surface area contributed by atoms with E-state index >= 15 is 0 Å². The van der Waals surface area contributed by atoms with E-state index in [-0.39, 0.29) is 12.7 Å². The second kappa shape index (κ2) is 10.4. The molecule has 9 heteroatoms. The van der Waals surface area contributed by atoms with E-state index in [1.54, 1.807) is 36.8 Å². The standard InChI is InChI=1S/C29H28N6O3/c1-29(2,36)19-37-24-13-25(28-22(15-31)17-33-35(28)18-24)21-7-8-27(32-16-21)34-11-9-23(10-12-34)38-26-6-4-3-5-20(26)14-30/h3-8,13,16-18,23,36H,9-12,19H2,1-2H3. The molecule has 1 N–H and O–H groups in total. The summed E-state index contributed by atoms with van der Waals surface area (Å²) in [4.78, 5) is 6.95. The lowest BCUT2D eigenvalue weighted by atomic mass is 10.0. The van der Waals surface area contributed by atoms with Gasteiger partial charge in [0.1, 0.15) is 42.2 Å². The first-order valence-electron chi connectivity index (χ1n) is 12.5. The molecule has 1 saturated heterocycles. The zero-order valence-electron chi connectivity index (χ0n) is 21.3. The van der Waals surface area contributed by atoms with Crippen LogP contribution < -0.4 is 14.4 Å². The summed E-state index contributed by atoms with van der Waals surface area (Å²) in [6.07, 6.45) is 6.73. The SMILES string of the molecule is CC(C)(O)COc1cc(-c2ccc(N3CCC(Oc4ccccc4C#N)CC3)nc2)c2c(C#N)cnn2c1. The van der Waals surface area contributed by atoms with Gasteiger partial charge in [-0.25, -0.2) is 9.50 Å². The first kappa shape index (κ1) is 25.1. The van der Waals surface area contributed by atoms with E-state index in [1.807, 2.05) is 36.4 Å². The fraction of sp³-hybridized carbons (Fsp3) is 0.310. The van der Waals surface area contributed by atoms with Gasteiger partial charge in [-0.15, -0.1) is 0 Å². The molecule has 0 saturated carbocycles. The number of nitrogens with zero attached hydrogens (tertiary/aromatic N) is 6. The molecule has 38 heavy (non-hydrogen) atoms. The molecule has 1 fully saturated rings. The summed E-state index contributed by atoms with van der Waals surface area (Å²) >= 11 is 0. The number of para-hydroxylation sites is 1. The molecule has 0 aliphatic carbocycles. The van der Waals surface area contributed by atoms with Crippen LogP contribution in [0.15, 0.2) is 61.1 Å². The molecular weight excluding hydrogens is 480 g/mol. The number of anilines is 1. The van der Waals surface area contributed by atoms with Gasteiger partial charge in [0.05, 0.1) is 34.6 Å². The van der Waals surface area contributed by atoms with Crippen molar-refractivity contribution in [1.82, 2.24) is 14.6 Å². The van der Waals surface area contributed by atoms with Crippen LogP contribution in [-0.2, 0) is 0 Å². The van der Waals surface area contributed by atoms with Gasteiger partial charge in [0.2, 0.25) is 0 Å². The summed E-state index contributed by atoms with van der Waals surface area (Å²) in [7, 11) is 0. The number of nitriles is 2. The van der Waals surface area contributed by atoms with Crippen LogP contribution in [-0.4, -0.2) is 51.1 Å². The molecule has 0 bridgehead atoms. The second-order valence-electron chi connectivity index (χ2n) is 9.97. The molecule has 9 nitrogen and oxygen atoms in total. The van der Waals surface area contributed by atoms with Crippen molar-refractivity contribution in [1.29, 1.82) is 10.5 Å². The minimum Gasteiger partial charge on any atom is -0.489 e. The fourth-order valence-electron chi connectivity index (χ4n) is 4.51. The average Bonchev–Trinajstić information content (AvgIpc) is 3.35. The summed E-state index contributed by atoms with van der Waals surface area (Å²) < 4.78 is 13.6. The first-order chi connectivity index (χ1) is 18.3. The predicted octanol–water partition coefficient (Wildman–Crippen LogP) is 4.34. The van der Waals surface area contributed by atoms with Crippen LogP contribution in [0.2, 0.25) is 0 Å². The van der Waals surface area contributed by atoms with E-state index in [0.717, 1.165) is 42.9 Å². The lowest BCUT2D eigenvalue weighted by molar-refractivity contribution is 0.0283. The Kier molecular flexibility index (Phi) is 6.87. The second-order valence-corrected chi connectivity index (χ2v) is 9.97. The molecule has 0 amide bonds. The van der Waals surface area contributed by atoms with Crippen LogP contribution >= 0.6 is 0 Å². The van der Waals surface area contributed by atoms with Crippen LogP contribution in [0.5, 0.6) is 11.5 Å². The van der Waals surface area contributed by atoms with E-state index in [4.69, 9.17) is 14.5 Å². The number of hydrogen-bond acceptors (Lipinski definition) is 8. The Labute approximate surface area is 221 Å². The summed E-state index contributed by atoms with van der Waals surface area (Å²) in [6, 6.07) is 17.5. The molecule has 0 radical (unpaired) electrons. The van der Waals surface area contributed by atoms with Gasteiger partial charge in [-0.1, -0.05) is 12.1 Å². The maximum absolute atomic E-state index is 10.1. The van der Waals surface area contributed by atoms with E-state index in [0.29, 0.717) is 28.1 Å². The van der Waals surface area contributed by atoms with Crippen molar-refractivity contribution in [3.05, 3.63) is 72.2 Å². The van der Waals surface area contributed by atoms with E-state index in [9.17, 15) is 15.6 Å². The van der Waals surface area contributed by atoms with E-state index in [2.05, 4.69) is 22.1 Å². The number of aromatic nitrogens is 3. The van der Waals surface area contributed by atoms with Crippen molar-refractivity contribution < 1.29 is 14.6 Å². The average molecular weight is 509 g/mol. The summed E-state index contributed by atoms with van der Waals surface area (Å²) in [5.41, 5.74) is 2.29. The Bertz CT molecular complexity index is 1520. The highest BCUT2D eigenvalue weighted by atomic mass is 16.5. The van der Waals surface area contributed by atoms with Gasteiger partial charge in [-0.2, -0.15) is 15.6 Å². The quantitative estimate of drug-likeness (QED) is 0.392. The van der Waals surface area contributed by atoms with Crippen molar-refractivity contribution in [2.24, 2.45) is 0 Å². The fourth-order valence-corrected chi connectivity index (χ4v) is 4.51. The van der Waals surface area contributed by atoms with Crippen LogP contribution in [0.3, 0.4) is 0 Å². The minimum atomic E-state index is -0.988. The molecule has 4 heterocycles. The van der Waals surface area contributed by atoms with E-state index < -0.39 is 5.60 Å². The van der Waals surface area contributed by atoms with Crippen LogP contribution in [0.25, 0.3) is 16.6 Å². The third-order valence-corrected chi connectivity index (χ3v) is 6.43. The molecule has 1 aliphatic heterocycles. The van der Waals surface area contributed by atoms with Crippen LogP contribution in [0.1, 0.15) is 37.8 Å². The number of aliphatic hydroxyl groups is 1. The highest BCUT2D eigenvalue weighted by Crippen LogP contribution is 2.32. The summed E-state index contributed by atoms with van der Waals surface area (Å²) in [6.45, 7) is 5.05. The summed E-state index contributed by atoms with van der Waals surface area (Å²) in [5, 5.41) is 33.3. The topological polar surface area (TPSA) is 120 Å². The normalized spacial score (nSPS) is 14.2. The van der Waals surface area contributed by atoms with Crippen molar-refractivity contribution in [2.75, 3.05) is 24.6 Å². The highest BCUT2D eigenvalue weighted by Gasteiger charge is 2.23. The third kappa shape index (κ3) is 5.39. The molecule has 192 valence electrons. The van der Waals surface area contributed by atoms with Gasteiger partial charge in [-0.05, 0) is 44.2 Å². The van der Waals surface area contributed by atoms with Crippen molar-refractivity contribution >= 4 is 11.3 Å². The molecular formula is C29H28N6O3. The lowest BCUT2D eigenvalue weighted by Gasteiger charge is -2.33. The predicted molar refractivity (Wildman–Crippen MR) is 142 cm³/mol. The van der Waals surface area contributed by atoms with Crippen molar-refractivity contribution in [2.45, 2.75) is 38.4 Å². The number of ether oxygens (including phenoxy) is 2. The Morgan fingerprint density at radius 2 is 1.82 bits per heavy atom. The number of hydrogen-bond donors (Lipinski definition) is 1. The first-order valence-corrected chi connectivity index (χ1v) is 12.5. The van der Waals surface area contributed by atoms with E-state index in [1.165, 1.54) is 6.20 Å². The molecule has 1 aliphatic rings. The van der Waals surface area contributed by atoms with Crippen LogP contribution in [0, 0.1) is 22.7 Å². The molecule has 0 spiro atoms. The molecule has 3 aromatic heterocycles. The Balaban J connectivity index is 1.33. The van der Waals surface area contributed by atoms with Crippen LogP contribution in [0.4, 0.5) is 5.82 Å². The Morgan fingerprint density at radius 3 is 2.50 bits per heavy atom. The van der Waals surface area contributed by atoms with Gasteiger partial charge < -0.3 is 19.5 Å². The number of benzene rings is 1. The highest BCUT2D eigenvalue weighted by molar-refractivity contribution is 5.85. The smallest absolute Gasteiger partial charge is 0.138 e. The summed E-state index contributed by atoms with van der Waals surface area (Å²) in [5.74, 6) is 2.03. The molecule has 0 unspecified atom stereocenters. The van der Waals surface area contributed by atoms with Crippen molar-refractivity contribution in [3.8, 4) is 34.8 Å². The van der Waals surface area contributed by atoms with Gasteiger partial charge >= 0.3 is 0 Å². The zero-order valence-corrected chi connectivity index (χ0v) is 21.3. The third-order valence-electron chi connectivity index (χ3n) is 6.43. The number of fused-ring (bicyclic) bond motifs is 1. The number of rotatable bonds is 7. The van der Waals surface area contributed by atoms with Gasteiger partial charge in [-0.3, -0.25) is 0 Å². The molecule has 0 atom stereocenters. The minimum absolute atomic E-state index is 0.0474. The molecule has 4 aromatic rings. The Hall–Kier alpha value is -4.60. The zero-order chi connectivity index (χ0) is 26.7. The van der Waals surface area contributed by atoms with Gasteiger partial charge in [0, 0.05) is 43.3 Å². The molecule has 5 rings (SSSR count). The molecule has 1 aromatic carbocycles. The monoisotopic (exact) mass is 508 g/mol. The van der Waals surface area contributed by atoms with Crippen molar-refractivity contribution in [3.63, 3.8) is 0 Å². The number of pyridine rings is 2. The maximum Gasteiger partial charge on any atom is 0.138 e. The largest absolute Gasteiger partial charge is 0.489 e. The van der Waals surface area contributed by atoms with Gasteiger partial charge in [0.15, 0.2) is 0 Å². The lowest BCUT2D eigenvalue weighted by Crippen LogP contribution is -2.38.